The normalized spacial score (nSPS) is 25.6. The van der Waals surface area contributed by atoms with E-state index in [9.17, 15) is 0 Å². The molecule has 1 aliphatic rings. The summed E-state index contributed by atoms with van der Waals surface area (Å²) in [6.07, 6.45) is 1.11. The summed E-state index contributed by atoms with van der Waals surface area (Å²) in [5.74, 6) is 0.955. The molecular weight excluding hydrogens is 186 g/mol. The first-order chi connectivity index (χ1) is 6.98. The van der Waals surface area contributed by atoms with Crippen LogP contribution in [0, 0.1) is 5.41 Å². The van der Waals surface area contributed by atoms with Crippen molar-refractivity contribution >= 4 is 0 Å². The van der Waals surface area contributed by atoms with Gasteiger partial charge in [0, 0.05) is 18.0 Å². The second-order valence-corrected chi connectivity index (χ2v) is 5.35. The van der Waals surface area contributed by atoms with Gasteiger partial charge < -0.3 is 10.5 Å². The number of para-hydroxylation sites is 1. The first-order valence-electron chi connectivity index (χ1n) is 5.49. The summed E-state index contributed by atoms with van der Waals surface area (Å²) in [4.78, 5) is 0. The fraction of sp³-hybridized carbons (Fsp3) is 0.538. The molecule has 0 bridgehead atoms. The molecule has 15 heavy (non-hydrogen) atoms. The molecule has 82 valence electrons. The number of nitrogens with two attached hydrogens (primary N) is 1. The van der Waals surface area contributed by atoms with E-state index in [2.05, 4.69) is 26.8 Å². The molecule has 0 saturated heterocycles. The summed E-state index contributed by atoms with van der Waals surface area (Å²) in [6, 6.07) is 8.18. The lowest BCUT2D eigenvalue weighted by molar-refractivity contribution is 0.0581. The third-order valence-corrected chi connectivity index (χ3v) is 3.02. The third-order valence-electron chi connectivity index (χ3n) is 3.02. The predicted molar refractivity (Wildman–Crippen MR) is 61.9 cm³/mol. The lowest BCUT2D eigenvalue weighted by atomic mass is 9.82. The van der Waals surface area contributed by atoms with Crippen molar-refractivity contribution in [3.8, 4) is 5.75 Å². The van der Waals surface area contributed by atoms with E-state index in [0.717, 1.165) is 17.7 Å². The van der Waals surface area contributed by atoms with E-state index >= 15 is 0 Å². The Morgan fingerprint density at radius 2 is 1.93 bits per heavy atom. The molecule has 1 unspecified atom stereocenters. The molecule has 0 amide bonds. The number of benzene rings is 1. The summed E-state index contributed by atoms with van der Waals surface area (Å²) in [5, 5.41) is 0. The molecule has 2 rings (SSSR count). The second kappa shape index (κ2) is 3.53. The molecule has 1 aliphatic heterocycles. The fourth-order valence-electron chi connectivity index (χ4n) is 1.98. The maximum Gasteiger partial charge on any atom is 0.124 e. The van der Waals surface area contributed by atoms with Crippen LogP contribution in [0.2, 0.25) is 0 Å². The molecule has 1 heterocycles. The molecule has 2 heteroatoms. The Morgan fingerprint density at radius 1 is 1.27 bits per heavy atom. The van der Waals surface area contributed by atoms with Gasteiger partial charge in [0.1, 0.15) is 11.9 Å². The highest BCUT2D eigenvalue weighted by molar-refractivity contribution is 5.37. The largest absolute Gasteiger partial charge is 0.489 e. The van der Waals surface area contributed by atoms with Gasteiger partial charge in [-0.3, -0.25) is 0 Å². The van der Waals surface area contributed by atoms with Crippen LogP contribution in [0.15, 0.2) is 24.3 Å². The van der Waals surface area contributed by atoms with E-state index in [1.54, 1.807) is 0 Å². The van der Waals surface area contributed by atoms with E-state index in [-0.39, 0.29) is 17.6 Å². The topological polar surface area (TPSA) is 35.2 Å². The van der Waals surface area contributed by atoms with Gasteiger partial charge in [-0.25, -0.2) is 0 Å². The highest BCUT2D eigenvalue weighted by Gasteiger charge is 2.33. The third kappa shape index (κ3) is 2.00. The molecule has 1 aromatic carbocycles. The first-order valence-corrected chi connectivity index (χ1v) is 5.49. The first kappa shape index (κ1) is 10.5. The SMILES string of the molecule is CC(C)(C)C1C[C@H](N)c2ccccc2O1. The zero-order chi connectivity index (χ0) is 11.1. The van der Waals surface area contributed by atoms with Crippen LogP contribution in [0.5, 0.6) is 5.75 Å². The molecule has 0 saturated carbocycles. The predicted octanol–water partition coefficient (Wildman–Crippen LogP) is 2.88. The van der Waals surface area contributed by atoms with Crippen LogP contribution >= 0.6 is 0 Å². The molecule has 0 spiro atoms. The standard InChI is InChI=1S/C13H19NO/c1-13(2,3)12-8-10(14)9-6-4-5-7-11(9)15-12/h4-7,10,12H,8,14H2,1-3H3/t10-,12?/m0/s1. The monoisotopic (exact) mass is 205 g/mol. The minimum absolute atomic E-state index is 0.110. The molecule has 0 fully saturated rings. The van der Waals surface area contributed by atoms with Crippen molar-refractivity contribution in [3.63, 3.8) is 0 Å². The molecule has 0 aliphatic carbocycles. The molecular formula is C13H19NO. The molecule has 2 atom stereocenters. The summed E-state index contributed by atoms with van der Waals surface area (Å²) in [5.41, 5.74) is 7.43. The Kier molecular flexibility index (Phi) is 2.47. The minimum atomic E-state index is 0.110. The minimum Gasteiger partial charge on any atom is -0.489 e. The van der Waals surface area contributed by atoms with Crippen LogP contribution in [0.3, 0.4) is 0 Å². The van der Waals surface area contributed by atoms with Gasteiger partial charge in [-0.05, 0) is 11.5 Å². The van der Waals surface area contributed by atoms with Crippen LogP contribution in [-0.2, 0) is 0 Å². The number of hydrogen-bond acceptors (Lipinski definition) is 2. The number of fused-ring (bicyclic) bond motifs is 1. The average molecular weight is 205 g/mol. The van der Waals surface area contributed by atoms with E-state index in [0.29, 0.717) is 0 Å². The van der Waals surface area contributed by atoms with Crippen LogP contribution < -0.4 is 10.5 Å². The molecule has 0 aromatic heterocycles. The van der Waals surface area contributed by atoms with Crippen LogP contribution in [0.4, 0.5) is 0 Å². The number of rotatable bonds is 0. The Bertz CT molecular complexity index is 354. The highest BCUT2D eigenvalue weighted by Crippen LogP contribution is 2.38. The zero-order valence-electron chi connectivity index (χ0n) is 9.66. The lowest BCUT2D eigenvalue weighted by Crippen LogP contribution is -2.38. The van der Waals surface area contributed by atoms with Gasteiger partial charge in [-0.15, -0.1) is 0 Å². The maximum absolute atomic E-state index is 6.15. The van der Waals surface area contributed by atoms with E-state index in [4.69, 9.17) is 10.5 Å². The number of hydrogen-bond donors (Lipinski definition) is 1. The average Bonchev–Trinajstić information content (AvgIpc) is 2.16. The van der Waals surface area contributed by atoms with Crippen LogP contribution in [0.25, 0.3) is 0 Å². The quantitative estimate of drug-likeness (QED) is 0.706. The van der Waals surface area contributed by atoms with Crippen LogP contribution in [0.1, 0.15) is 38.8 Å². The van der Waals surface area contributed by atoms with Gasteiger partial charge in [0.05, 0.1) is 0 Å². The smallest absolute Gasteiger partial charge is 0.124 e. The van der Waals surface area contributed by atoms with E-state index < -0.39 is 0 Å². The van der Waals surface area contributed by atoms with Gasteiger partial charge in [0.15, 0.2) is 0 Å². The van der Waals surface area contributed by atoms with Gasteiger partial charge in [0.2, 0.25) is 0 Å². The summed E-state index contributed by atoms with van der Waals surface area (Å²) in [6.45, 7) is 6.58. The highest BCUT2D eigenvalue weighted by atomic mass is 16.5. The number of ether oxygens (including phenoxy) is 1. The zero-order valence-corrected chi connectivity index (χ0v) is 9.66. The molecule has 2 N–H and O–H groups in total. The van der Waals surface area contributed by atoms with Crippen molar-refractivity contribution in [1.29, 1.82) is 0 Å². The van der Waals surface area contributed by atoms with E-state index in [1.165, 1.54) is 0 Å². The Hall–Kier alpha value is -1.02. The van der Waals surface area contributed by atoms with Gasteiger partial charge >= 0.3 is 0 Å². The maximum atomic E-state index is 6.15. The lowest BCUT2D eigenvalue weighted by Gasteiger charge is -2.37. The van der Waals surface area contributed by atoms with Gasteiger partial charge in [-0.1, -0.05) is 39.0 Å². The van der Waals surface area contributed by atoms with Crippen molar-refractivity contribution in [2.45, 2.75) is 39.3 Å². The van der Waals surface area contributed by atoms with Crippen molar-refractivity contribution in [3.05, 3.63) is 29.8 Å². The van der Waals surface area contributed by atoms with Crippen LogP contribution in [-0.4, -0.2) is 6.10 Å². The van der Waals surface area contributed by atoms with Crippen molar-refractivity contribution in [1.82, 2.24) is 0 Å². The fourth-order valence-corrected chi connectivity index (χ4v) is 1.98. The van der Waals surface area contributed by atoms with E-state index in [1.807, 2.05) is 18.2 Å². The van der Waals surface area contributed by atoms with Crippen molar-refractivity contribution in [2.24, 2.45) is 11.1 Å². The molecule has 2 nitrogen and oxygen atoms in total. The van der Waals surface area contributed by atoms with Gasteiger partial charge in [-0.2, -0.15) is 0 Å². The Labute approximate surface area is 91.4 Å². The van der Waals surface area contributed by atoms with Gasteiger partial charge in [0.25, 0.3) is 0 Å². The van der Waals surface area contributed by atoms with Crippen molar-refractivity contribution < 1.29 is 4.74 Å². The Morgan fingerprint density at radius 3 is 2.60 bits per heavy atom. The molecule has 0 radical (unpaired) electrons. The summed E-state index contributed by atoms with van der Waals surface area (Å²) < 4.78 is 5.99. The Balaban J connectivity index is 2.30. The van der Waals surface area contributed by atoms with Crippen molar-refractivity contribution in [2.75, 3.05) is 0 Å². The summed E-state index contributed by atoms with van der Waals surface area (Å²) in [7, 11) is 0. The summed E-state index contributed by atoms with van der Waals surface area (Å²) >= 11 is 0. The molecule has 1 aromatic rings. The second-order valence-electron chi connectivity index (χ2n) is 5.35.